The topological polar surface area (TPSA) is 67.8 Å². The molecule has 2 N–H and O–H groups in total. The minimum Gasteiger partial charge on any atom is -0.508 e. The van der Waals surface area contributed by atoms with E-state index >= 15 is 0 Å². The zero-order valence-electron chi connectivity index (χ0n) is 16.1. The fourth-order valence-corrected chi connectivity index (χ4v) is 2.76. The molecule has 0 amide bonds. The van der Waals surface area contributed by atoms with Crippen molar-refractivity contribution in [2.24, 2.45) is 0 Å². The Balaban J connectivity index is 1.66. The number of rotatable bonds is 11. The van der Waals surface area contributed by atoms with Crippen molar-refractivity contribution < 1.29 is 19.4 Å². The van der Waals surface area contributed by atoms with Gasteiger partial charge in [-0.15, -0.1) is 0 Å². The third-order valence-electron chi connectivity index (χ3n) is 4.33. The smallest absolute Gasteiger partial charge is 0.344 e. The monoisotopic (exact) mass is 371 g/mol. The number of para-hydroxylation sites is 1. The van der Waals surface area contributed by atoms with Crippen LogP contribution >= 0.6 is 0 Å². The number of esters is 1. The molecular formula is C22H29NO4. The molecule has 0 aliphatic heterocycles. The Labute approximate surface area is 161 Å². The number of carbonyl (C=O) groups excluding carboxylic acids is 1. The molecule has 27 heavy (non-hydrogen) atoms. The van der Waals surface area contributed by atoms with Gasteiger partial charge in [0.25, 0.3) is 0 Å². The van der Waals surface area contributed by atoms with Gasteiger partial charge in [0.2, 0.25) is 0 Å². The average Bonchev–Trinajstić information content (AvgIpc) is 2.67. The molecule has 0 heterocycles. The summed E-state index contributed by atoms with van der Waals surface area (Å²) in [5, 5.41) is 13.3. The van der Waals surface area contributed by atoms with E-state index in [0.29, 0.717) is 24.1 Å². The first-order valence-corrected chi connectivity index (χ1v) is 9.46. The van der Waals surface area contributed by atoms with Crippen molar-refractivity contribution in [3.8, 4) is 11.5 Å². The van der Waals surface area contributed by atoms with Crippen LogP contribution in [0.2, 0.25) is 0 Å². The third kappa shape index (κ3) is 7.71. The van der Waals surface area contributed by atoms with E-state index in [2.05, 4.69) is 12.2 Å². The molecule has 0 unspecified atom stereocenters. The van der Waals surface area contributed by atoms with Gasteiger partial charge in [0.1, 0.15) is 11.5 Å². The largest absolute Gasteiger partial charge is 0.508 e. The summed E-state index contributed by atoms with van der Waals surface area (Å²) in [4.78, 5) is 11.3. The lowest BCUT2D eigenvalue weighted by molar-refractivity contribution is -0.145. The van der Waals surface area contributed by atoms with Crippen molar-refractivity contribution >= 4 is 5.97 Å². The van der Waals surface area contributed by atoms with E-state index in [4.69, 9.17) is 9.47 Å². The van der Waals surface area contributed by atoms with Gasteiger partial charge in [0, 0.05) is 6.04 Å². The minimum atomic E-state index is -0.356. The van der Waals surface area contributed by atoms with E-state index < -0.39 is 0 Å². The lowest BCUT2D eigenvalue weighted by atomic mass is 10.1. The molecule has 5 nitrogen and oxygen atoms in total. The fourth-order valence-electron chi connectivity index (χ4n) is 2.76. The highest BCUT2D eigenvalue weighted by molar-refractivity contribution is 5.71. The molecule has 0 saturated heterocycles. The average molecular weight is 371 g/mol. The molecule has 5 heteroatoms. The van der Waals surface area contributed by atoms with Crippen molar-refractivity contribution in [1.82, 2.24) is 5.32 Å². The van der Waals surface area contributed by atoms with Crippen LogP contribution in [-0.2, 0) is 22.4 Å². The maximum absolute atomic E-state index is 11.3. The van der Waals surface area contributed by atoms with Gasteiger partial charge in [-0.3, -0.25) is 0 Å². The summed E-state index contributed by atoms with van der Waals surface area (Å²) in [6.45, 7) is 5.07. The summed E-state index contributed by atoms with van der Waals surface area (Å²) < 4.78 is 10.2. The van der Waals surface area contributed by atoms with Crippen LogP contribution in [0.3, 0.4) is 0 Å². The second-order valence-corrected chi connectivity index (χ2v) is 6.51. The summed E-state index contributed by atoms with van der Waals surface area (Å²) in [5.41, 5.74) is 2.20. The zero-order valence-corrected chi connectivity index (χ0v) is 16.1. The van der Waals surface area contributed by atoms with Crippen LogP contribution in [0.25, 0.3) is 0 Å². The molecule has 1 atom stereocenters. The van der Waals surface area contributed by atoms with Gasteiger partial charge in [-0.1, -0.05) is 30.3 Å². The fraction of sp³-hybridized carbons (Fsp3) is 0.409. The van der Waals surface area contributed by atoms with Crippen molar-refractivity contribution in [1.29, 1.82) is 0 Å². The molecule has 0 aromatic heterocycles. The van der Waals surface area contributed by atoms with Crippen LogP contribution in [0.1, 0.15) is 31.4 Å². The molecular weight excluding hydrogens is 342 g/mol. The van der Waals surface area contributed by atoms with Gasteiger partial charge < -0.3 is 19.9 Å². The Bertz CT molecular complexity index is 700. The predicted molar refractivity (Wildman–Crippen MR) is 106 cm³/mol. The lowest BCUT2D eigenvalue weighted by Crippen LogP contribution is -2.28. The van der Waals surface area contributed by atoms with Crippen LogP contribution in [0, 0.1) is 0 Å². The van der Waals surface area contributed by atoms with Crippen molar-refractivity contribution in [3.05, 3.63) is 59.7 Å². The first-order chi connectivity index (χ1) is 13.1. The number of hydrogen-bond acceptors (Lipinski definition) is 5. The van der Waals surface area contributed by atoms with Crippen LogP contribution in [0.15, 0.2) is 48.5 Å². The Morgan fingerprint density at radius 2 is 1.85 bits per heavy atom. The summed E-state index contributed by atoms with van der Waals surface area (Å²) in [6.07, 6.45) is 2.79. The molecule has 2 rings (SSSR count). The highest BCUT2D eigenvalue weighted by Crippen LogP contribution is 2.16. The summed E-state index contributed by atoms with van der Waals surface area (Å²) in [6, 6.07) is 15.6. The second kappa shape index (κ2) is 11.2. The number of phenols is 1. The van der Waals surface area contributed by atoms with Gasteiger partial charge in [-0.25, -0.2) is 4.79 Å². The van der Waals surface area contributed by atoms with Crippen molar-refractivity contribution in [2.75, 3.05) is 19.8 Å². The van der Waals surface area contributed by atoms with Gasteiger partial charge >= 0.3 is 5.97 Å². The summed E-state index contributed by atoms with van der Waals surface area (Å²) >= 11 is 0. The Morgan fingerprint density at radius 1 is 1.11 bits per heavy atom. The number of phenolic OH excluding ortho intramolecular Hbond substituents is 1. The maximum atomic E-state index is 11.3. The SMILES string of the molecule is CCOC(=O)COc1ccc(CC[C@@H](C)NCCc2ccccc2O)cc1. The zero-order chi connectivity index (χ0) is 19.5. The number of aryl methyl sites for hydroxylation is 1. The highest BCUT2D eigenvalue weighted by Gasteiger charge is 2.06. The first-order valence-electron chi connectivity index (χ1n) is 9.46. The van der Waals surface area contributed by atoms with Crippen molar-refractivity contribution in [3.63, 3.8) is 0 Å². The molecule has 0 aliphatic carbocycles. The van der Waals surface area contributed by atoms with Crippen molar-refractivity contribution in [2.45, 2.75) is 39.2 Å². The Kier molecular flexibility index (Phi) is 8.65. The van der Waals surface area contributed by atoms with E-state index in [-0.39, 0.29) is 12.6 Å². The molecule has 146 valence electrons. The molecule has 0 radical (unpaired) electrons. The normalized spacial score (nSPS) is 11.8. The van der Waals surface area contributed by atoms with E-state index in [1.165, 1.54) is 5.56 Å². The summed E-state index contributed by atoms with van der Waals surface area (Å²) in [5.74, 6) is 0.670. The molecule has 2 aromatic rings. The standard InChI is InChI=1S/C22H29NO4/c1-3-26-22(25)16-27-20-12-10-18(11-13-20)9-8-17(2)23-15-14-19-6-4-5-7-21(19)24/h4-7,10-13,17,23-24H,3,8-9,14-16H2,1-2H3/t17-/m1/s1. The number of carbonyl (C=O) groups is 1. The van der Waals surface area contributed by atoms with Gasteiger partial charge in [0.05, 0.1) is 6.61 Å². The second-order valence-electron chi connectivity index (χ2n) is 6.51. The number of benzene rings is 2. The van der Waals surface area contributed by atoms with Gasteiger partial charge in [-0.2, -0.15) is 0 Å². The molecule has 0 fully saturated rings. The van der Waals surface area contributed by atoms with E-state index in [0.717, 1.165) is 31.4 Å². The van der Waals surface area contributed by atoms with E-state index in [9.17, 15) is 9.90 Å². The summed E-state index contributed by atoms with van der Waals surface area (Å²) in [7, 11) is 0. The maximum Gasteiger partial charge on any atom is 0.344 e. The van der Waals surface area contributed by atoms with Crippen LogP contribution < -0.4 is 10.1 Å². The van der Waals surface area contributed by atoms with Gasteiger partial charge in [0.15, 0.2) is 6.61 Å². The molecule has 0 bridgehead atoms. The van der Waals surface area contributed by atoms with Crippen LogP contribution in [0.5, 0.6) is 11.5 Å². The molecule has 0 aliphatic rings. The Morgan fingerprint density at radius 3 is 2.56 bits per heavy atom. The first kappa shape index (κ1) is 20.8. The Hall–Kier alpha value is -2.53. The lowest BCUT2D eigenvalue weighted by Gasteiger charge is -2.14. The van der Waals surface area contributed by atoms with E-state index in [1.54, 1.807) is 13.0 Å². The minimum absolute atomic E-state index is 0.0644. The molecule has 0 spiro atoms. The van der Waals surface area contributed by atoms with Gasteiger partial charge in [-0.05, 0) is 69.0 Å². The molecule has 0 saturated carbocycles. The van der Waals surface area contributed by atoms with Crippen LogP contribution in [-0.4, -0.2) is 36.9 Å². The molecule has 2 aromatic carbocycles. The number of hydrogen-bond donors (Lipinski definition) is 2. The highest BCUT2D eigenvalue weighted by atomic mass is 16.6. The quantitative estimate of drug-likeness (QED) is 0.592. The number of ether oxygens (including phenoxy) is 2. The van der Waals surface area contributed by atoms with Crippen LogP contribution in [0.4, 0.5) is 0 Å². The predicted octanol–water partition coefficient (Wildman–Crippen LogP) is 3.49. The number of aromatic hydroxyl groups is 1. The number of nitrogens with one attached hydrogen (secondary N) is 1. The van der Waals surface area contributed by atoms with E-state index in [1.807, 2.05) is 42.5 Å². The third-order valence-corrected chi connectivity index (χ3v) is 4.33.